The molecule has 6 heteroatoms. The third-order valence-electron chi connectivity index (χ3n) is 4.48. The summed E-state index contributed by atoms with van der Waals surface area (Å²) in [5.74, 6) is 2.75. The van der Waals surface area contributed by atoms with Crippen LogP contribution in [0.1, 0.15) is 29.2 Å². The molecule has 2 aromatic carbocycles. The molecule has 0 aliphatic carbocycles. The summed E-state index contributed by atoms with van der Waals surface area (Å²) in [6.45, 7) is 8.22. The molecule has 0 atom stereocenters. The van der Waals surface area contributed by atoms with Gasteiger partial charge in [-0.05, 0) is 38.0 Å². The molecule has 0 bridgehead atoms. The molecule has 0 aliphatic rings. The summed E-state index contributed by atoms with van der Waals surface area (Å²) in [6.07, 6.45) is 0. The highest BCUT2D eigenvalue weighted by Gasteiger charge is 2.12. The number of hydrogen-bond acceptors (Lipinski definition) is 4. The van der Waals surface area contributed by atoms with Crippen molar-refractivity contribution in [3.63, 3.8) is 0 Å². The Bertz CT molecular complexity index is 819. The van der Waals surface area contributed by atoms with E-state index in [1.807, 2.05) is 19.1 Å². The normalized spacial score (nSPS) is 11.1. The highest BCUT2D eigenvalue weighted by Crippen LogP contribution is 2.34. The van der Waals surface area contributed by atoms with Gasteiger partial charge in [0.25, 0.3) is 0 Å². The fraction of sp³-hybridized carbons (Fsp3) is 0.409. The van der Waals surface area contributed by atoms with Gasteiger partial charge in [-0.3, -0.25) is 0 Å². The standard InChI is InChI=1S/C22H31N3O3/c1-7-23-22(24-13-17-9-8-15(2)10-16(17)3)25-14-18-11-20(27-5)21(28-6)12-19(18)26-4/h8-12H,7,13-14H2,1-6H3,(H2,23,24,25). The van der Waals surface area contributed by atoms with Crippen molar-refractivity contribution in [2.24, 2.45) is 4.99 Å². The number of benzene rings is 2. The molecule has 6 nitrogen and oxygen atoms in total. The number of aryl methyl sites for hydroxylation is 2. The Hall–Kier alpha value is -2.89. The molecule has 0 radical (unpaired) electrons. The van der Waals surface area contributed by atoms with Gasteiger partial charge < -0.3 is 24.8 Å². The van der Waals surface area contributed by atoms with E-state index in [-0.39, 0.29) is 0 Å². The van der Waals surface area contributed by atoms with Crippen LogP contribution in [0.3, 0.4) is 0 Å². The first-order chi connectivity index (χ1) is 13.5. The van der Waals surface area contributed by atoms with E-state index in [2.05, 4.69) is 42.7 Å². The number of nitrogens with zero attached hydrogens (tertiary/aromatic N) is 1. The Labute approximate surface area is 167 Å². The van der Waals surface area contributed by atoms with E-state index in [4.69, 9.17) is 19.2 Å². The third kappa shape index (κ3) is 5.55. The summed E-state index contributed by atoms with van der Waals surface area (Å²) in [5.41, 5.74) is 4.70. The minimum absolute atomic E-state index is 0.450. The molecule has 0 fully saturated rings. The highest BCUT2D eigenvalue weighted by atomic mass is 16.5. The number of guanidine groups is 1. The molecule has 0 saturated carbocycles. The summed E-state index contributed by atoms with van der Waals surface area (Å²) >= 11 is 0. The lowest BCUT2D eigenvalue weighted by atomic mass is 10.1. The topological polar surface area (TPSA) is 64.1 Å². The summed E-state index contributed by atoms with van der Waals surface area (Å²) in [5, 5.41) is 6.68. The molecular formula is C22H31N3O3. The van der Waals surface area contributed by atoms with Crippen molar-refractivity contribution in [1.82, 2.24) is 10.6 Å². The molecule has 0 saturated heterocycles. The van der Waals surface area contributed by atoms with E-state index in [9.17, 15) is 0 Å². The zero-order valence-electron chi connectivity index (χ0n) is 17.7. The Morgan fingerprint density at radius 3 is 2.14 bits per heavy atom. The molecule has 0 heterocycles. The van der Waals surface area contributed by atoms with Gasteiger partial charge in [0.2, 0.25) is 0 Å². The van der Waals surface area contributed by atoms with Crippen molar-refractivity contribution < 1.29 is 14.2 Å². The second kappa shape index (κ2) is 10.4. The van der Waals surface area contributed by atoms with E-state index in [0.717, 1.165) is 18.1 Å². The van der Waals surface area contributed by atoms with E-state index in [1.165, 1.54) is 16.7 Å². The Morgan fingerprint density at radius 2 is 1.54 bits per heavy atom. The van der Waals surface area contributed by atoms with Crippen LogP contribution in [-0.2, 0) is 13.1 Å². The monoisotopic (exact) mass is 385 g/mol. The maximum Gasteiger partial charge on any atom is 0.191 e. The van der Waals surface area contributed by atoms with Gasteiger partial charge in [0.15, 0.2) is 17.5 Å². The quantitative estimate of drug-likeness (QED) is 0.537. The lowest BCUT2D eigenvalue weighted by molar-refractivity contribution is 0.347. The molecule has 0 aromatic heterocycles. The van der Waals surface area contributed by atoms with Crippen LogP contribution in [0.2, 0.25) is 0 Å². The van der Waals surface area contributed by atoms with E-state index in [1.54, 1.807) is 21.3 Å². The number of aliphatic imine (C=N–C) groups is 1. The first-order valence-corrected chi connectivity index (χ1v) is 9.39. The molecule has 2 N–H and O–H groups in total. The van der Waals surface area contributed by atoms with Gasteiger partial charge in [-0.1, -0.05) is 23.8 Å². The summed E-state index contributed by atoms with van der Waals surface area (Å²) in [6, 6.07) is 10.2. The predicted molar refractivity (Wildman–Crippen MR) is 114 cm³/mol. The van der Waals surface area contributed by atoms with Crippen LogP contribution in [0, 0.1) is 13.8 Å². The molecule has 0 aliphatic heterocycles. The SMILES string of the molecule is CCNC(=NCc1cc(OC)c(OC)cc1OC)NCc1ccc(C)cc1C. The molecule has 28 heavy (non-hydrogen) atoms. The molecular weight excluding hydrogens is 354 g/mol. The van der Waals surface area contributed by atoms with Crippen molar-refractivity contribution in [2.75, 3.05) is 27.9 Å². The maximum absolute atomic E-state index is 5.49. The Morgan fingerprint density at radius 1 is 0.857 bits per heavy atom. The van der Waals surface area contributed by atoms with E-state index >= 15 is 0 Å². The average Bonchev–Trinajstić information content (AvgIpc) is 2.70. The van der Waals surface area contributed by atoms with Gasteiger partial charge in [0.05, 0.1) is 27.9 Å². The maximum atomic E-state index is 5.49. The minimum atomic E-state index is 0.450. The fourth-order valence-electron chi connectivity index (χ4n) is 2.95. The zero-order valence-corrected chi connectivity index (χ0v) is 17.7. The molecule has 0 spiro atoms. The van der Waals surface area contributed by atoms with Crippen molar-refractivity contribution in [3.05, 3.63) is 52.6 Å². The largest absolute Gasteiger partial charge is 0.496 e. The number of rotatable bonds is 8. The van der Waals surface area contributed by atoms with Crippen LogP contribution < -0.4 is 24.8 Å². The van der Waals surface area contributed by atoms with E-state index in [0.29, 0.717) is 30.3 Å². The van der Waals surface area contributed by atoms with E-state index < -0.39 is 0 Å². The molecule has 2 rings (SSSR count). The summed E-state index contributed by atoms with van der Waals surface area (Å²) < 4.78 is 16.2. The first kappa shape index (κ1) is 21.4. The number of methoxy groups -OCH3 is 3. The second-order valence-corrected chi connectivity index (χ2v) is 6.50. The Kier molecular flexibility index (Phi) is 7.99. The van der Waals surface area contributed by atoms with Crippen LogP contribution in [0.4, 0.5) is 0 Å². The smallest absolute Gasteiger partial charge is 0.191 e. The highest BCUT2D eigenvalue weighted by molar-refractivity contribution is 5.79. The van der Waals surface area contributed by atoms with Gasteiger partial charge in [0.1, 0.15) is 5.75 Å². The predicted octanol–water partition coefficient (Wildman–Crippen LogP) is 3.58. The summed E-state index contributed by atoms with van der Waals surface area (Å²) in [4.78, 5) is 4.70. The third-order valence-corrected chi connectivity index (χ3v) is 4.48. The second-order valence-electron chi connectivity index (χ2n) is 6.50. The molecule has 2 aromatic rings. The zero-order chi connectivity index (χ0) is 20.5. The van der Waals surface area contributed by atoms with Crippen molar-refractivity contribution >= 4 is 5.96 Å². The van der Waals surface area contributed by atoms with Crippen LogP contribution in [0.15, 0.2) is 35.3 Å². The average molecular weight is 386 g/mol. The van der Waals surface area contributed by atoms with Gasteiger partial charge >= 0.3 is 0 Å². The van der Waals surface area contributed by atoms with Gasteiger partial charge in [-0.2, -0.15) is 0 Å². The van der Waals surface area contributed by atoms with Crippen molar-refractivity contribution in [2.45, 2.75) is 33.9 Å². The molecule has 152 valence electrons. The lowest BCUT2D eigenvalue weighted by Gasteiger charge is -2.15. The number of ether oxygens (including phenoxy) is 3. The van der Waals surface area contributed by atoms with Crippen LogP contribution in [0.25, 0.3) is 0 Å². The van der Waals surface area contributed by atoms with Gasteiger partial charge in [-0.15, -0.1) is 0 Å². The first-order valence-electron chi connectivity index (χ1n) is 9.39. The van der Waals surface area contributed by atoms with Gasteiger partial charge in [-0.25, -0.2) is 4.99 Å². The minimum Gasteiger partial charge on any atom is -0.496 e. The summed E-state index contributed by atoms with van der Waals surface area (Å²) in [7, 11) is 4.86. The van der Waals surface area contributed by atoms with Crippen molar-refractivity contribution in [1.29, 1.82) is 0 Å². The fourth-order valence-corrected chi connectivity index (χ4v) is 2.95. The van der Waals surface area contributed by atoms with Crippen molar-refractivity contribution in [3.8, 4) is 17.2 Å². The van der Waals surface area contributed by atoms with Gasteiger partial charge in [0, 0.05) is 24.7 Å². The number of hydrogen-bond donors (Lipinski definition) is 2. The lowest BCUT2D eigenvalue weighted by Crippen LogP contribution is -2.37. The molecule has 0 unspecified atom stereocenters. The number of nitrogens with one attached hydrogen (secondary N) is 2. The Balaban J connectivity index is 2.17. The van der Waals surface area contributed by atoms with Crippen LogP contribution in [0.5, 0.6) is 17.2 Å². The van der Waals surface area contributed by atoms with Crippen LogP contribution in [-0.4, -0.2) is 33.8 Å². The molecule has 0 amide bonds. The van der Waals surface area contributed by atoms with Crippen LogP contribution >= 0.6 is 0 Å².